The van der Waals surface area contributed by atoms with Crippen molar-refractivity contribution in [2.75, 3.05) is 13.1 Å². The predicted molar refractivity (Wildman–Crippen MR) is 88.4 cm³/mol. The van der Waals surface area contributed by atoms with Gasteiger partial charge in [0.1, 0.15) is 13.1 Å². The fourth-order valence-electron chi connectivity index (χ4n) is 7.27. The standard InChI is InChI=1S/C18H28BNO4/c1-10-5-14(10)19-20(8-16(21)23-19,9-17(22)24-19)15-7-12-6-13(11(15)2)18(12,3)4/h10-15H,5-9H2,1-4H3/t10-,11+,12?,13?,14-,15-,19?,20?/m0/s1. The van der Waals surface area contributed by atoms with Gasteiger partial charge in [0.15, 0.2) is 0 Å². The van der Waals surface area contributed by atoms with Gasteiger partial charge in [0.2, 0.25) is 0 Å². The zero-order chi connectivity index (χ0) is 17.1. The predicted octanol–water partition coefficient (Wildman–Crippen LogP) is 2.34. The quantitative estimate of drug-likeness (QED) is 0.728. The lowest BCUT2D eigenvalue weighted by Gasteiger charge is -2.66. The first-order valence-electron chi connectivity index (χ1n) is 9.66. The van der Waals surface area contributed by atoms with Gasteiger partial charge in [0.25, 0.3) is 0 Å². The number of fused-ring (bicyclic) bond motifs is 4. The van der Waals surface area contributed by atoms with Crippen LogP contribution in [-0.4, -0.2) is 42.2 Å². The summed E-state index contributed by atoms with van der Waals surface area (Å²) < 4.78 is 12.3. The van der Waals surface area contributed by atoms with Crippen LogP contribution in [-0.2, 0) is 18.9 Å². The van der Waals surface area contributed by atoms with Gasteiger partial charge in [0.05, 0.1) is 6.04 Å². The Labute approximate surface area is 143 Å². The summed E-state index contributed by atoms with van der Waals surface area (Å²) in [7, 11) is 0. The molecule has 6 heteroatoms. The first-order chi connectivity index (χ1) is 11.2. The molecule has 0 aromatic rings. The molecule has 2 unspecified atom stereocenters. The third kappa shape index (κ3) is 1.53. The molecule has 2 aliphatic heterocycles. The van der Waals surface area contributed by atoms with E-state index in [1.54, 1.807) is 0 Å². The Kier molecular flexibility index (Phi) is 2.66. The van der Waals surface area contributed by atoms with Crippen molar-refractivity contribution in [2.45, 2.75) is 58.8 Å². The van der Waals surface area contributed by atoms with Gasteiger partial charge >= 0.3 is 18.6 Å². The van der Waals surface area contributed by atoms with E-state index in [0.29, 0.717) is 52.6 Å². The van der Waals surface area contributed by atoms with E-state index in [4.69, 9.17) is 9.31 Å². The molecule has 132 valence electrons. The van der Waals surface area contributed by atoms with Crippen molar-refractivity contribution in [2.24, 2.45) is 29.1 Å². The van der Waals surface area contributed by atoms with Gasteiger partial charge in [-0.1, -0.05) is 40.0 Å². The number of carbonyl (C=O) groups is 2. The Morgan fingerprint density at radius 3 is 2.08 bits per heavy atom. The normalized spacial score (nSPS) is 57.0. The van der Waals surface area contributed by atoms with Crippen molar-refractivity contribution < 1.29 is 23.3 Å². The Morgan fingerprint density at radius 1 is 1.04 bits per heavy atom. The van der Waals surface area contributed by atoms with Crippen LogP contribution >= 0.6 is 0 Å². The van der Waals surface area contributed by atoms with Gasteiger partial charge in [-0.3, -0.25) is 9.59 Å². The van der Waals surface area contributed by atoms with E-state index >= 15 is 0 Å². The molecule has 0 radical (unpaired) electrons. The minimum atomic E-state index is -1.84. The third-order valence-corrected chi connectivity index (χ3v) is 8.85. The molecule has 0 N–H and O–H groups in total. The van der Waals surface area contributed by atoms with E-state index in [9.17, 15) is 9.59 Å². The Bertz CT molecular complexity index is 627. The van der Waals surface area contributed by atoms with Gasteiger partial charge in [-0.15, -0.1) is 0 Å². The maximum atomic E-state index is 12.4. The molecule has 2 saturated heterocycles. The van der Waals surface area contributed by atoms with Gasteiger partial charge in [0, 0.05) is 5.92 Å². The van der Waals surface area contributed by atoms with Gasteiger partial charge in [-0.2, -0.15) is 0 Å². The summed E-state index contributed by atoms with van der Waals surface area (Å²) in [5.41, 5.74) is 0.395. The summed E-state index contributed by atoms with van der Waals surface area (Å²) in [5.74, 6) is 2.30. The maximum absolute atomic E-state index is 12.4. The average Bonchev–Trinajstić information content (AvgIpc) is 3.06. The van der Waals surface area contributed by atoms with Gasteiger partial charge in [-0.25, -0.2) is 0 Å². The molecule has 2 bridgehead atoms. The van der Waals surface area contributed by atoms with Crippen LogP contribution in [0.15, 0.2) is 0 Å². The first-order valence-corrected chi connectivity index (χ1v) is 9.66. The highest BCUT2D eigenvalue weighted by Gasteiger charge is 2.78. The number of quaternary nitrogens is 1. The Balaban J connectivity index is 1.58. The van der Waals surface area contributed by atoms with Crippen molar-refractivity contribution >= 4 is 18.6 Å². The molecule has 2 heterocycles. The van der Waals surface area contributed by atoms with Crippen LogP contribution in [0.2, 0.25) is 5.82 Å². The minimum Gasteiger partial charge on any atom is -0.600 e. The van der Waals surface area contributed by atoms with Crippen LogP contribution in [0, 0.1) is 29.1 Å². The molecule has 6 aliphatic rings. The van der Waals surface area contributed by atoms with Crippen LogP contribution in [0.25, 0.3) is 0 Å². The van der Waals surface area contributed by atoms with Crippen LogP contribution in [0.4, 0.5) is 0 Å². The Morgan fingerprint density at radius 2 is 1.62 bits per heavy atom. The highest BCUT2D eigenvalue weighted by Crippen LogP contribution is 2.66. The second-order valence-electron chi connectivity index (χ2n) is 10.0. The van der Waals surface area contributed by atoms with Crippen molar-refractivity contribution in [3.8, 4) is 0 Å². The highest BCUT2D eigenvalue weighted by molar-refractivity contribution is 6.68. The zero-order valence-electron chi connectivity index (χ0n) is 15.2. The summed E-state index contributed by atoms with van der Waals surface area (Å²) in [6.07, 6.45) is 3.41. The Hall–Kier alpha value is -1.04. The van der Waals surface area contributed by atoms with Crippen molar-refractivity contribution in [3.63, 3.8) is 0 Å². The fraction of sp³-hybridized carbons (Fsp3) is 0.889. The molecule has 6 atom stereocenters. The van der Waals surface area contributed by atoms with Crippen molar-refractivity contribution in [1.29, 1.82) is 0 Å². The van der Waals surface area contributed by atoms with E-state index in [1.165, 1.54) is 6.42 Å². The fourth-order valence-corrected chi connectivity index (χ4v) is 7.27. The summed E-state index contributed by atoms with van der Waals surface area (Å²) in [6.45, 7) is 8.12. The summed E-state index contributed by atoms with van der Waals surface area (Å²) >= 11 is 0. The van der Waals surface area contributed by atoms with Crippen LogP contribution in [0.5, 0.6) is 0 Å². The average molecular weight is 333 g/mol. The van der Waals surface area contributed by atoms with Gasteiger partial charge < -0.3 is 13.7 Å². The summed E-state index contributed by atoms with van der Waals surface area (Å²) in [6, 6.07) is 0.326. The molecule has 0 aromatic heterocycles. The summed E-state index contributed by atoms with van der Waals surface area (Å²) in [4.78, 5) is 24.7. The van der Waals surface area contributed by atoms with E-state index < -0.39 is 6.69 Å². The number of nitrogens with zero attached hydrogens (tertiary/aromatic N) is 1. The first kappa shape index (κ1) is 15.2. The number of carbonyl (C=O) groups excluding carboxylic acids is 2. The number of hydrogen-bond acceptors (Lipinski definition) is 4. The van der Waals surface area contributed by atoms with Crippen LogP contribution in [0.1, 0.15) is 47.0 Å². The van der Waals surface area contributed by atoms with E-state index in [-0.39, 0.29) is 17.8 Å². The topological polar surface area (TPSA) is 52.6 Å². The zero-order valence-corrected chi connectivity index (χ0v) is 15.2. The molecule has 4 saturated carbocycles. The van der Waals surface area contributed by atoms with E-state index in [0.717, 1.165) is 12.8 Å². The second-order valence-corrected chi connectivity index (χ2v) is 10.0. The molecule has 4 aliphatic carbocycles. The lowest BCUT2D eigenvalue weighted by atomic mass is 9.43. The molecule has 0 aromatic carbocycles. The minimum absolute atomic E-state index is 0.160. The largest absolute Gasteiger partial charge is 0.600 e. The molecule has 6 rings (SSSR count). The van der Waals surface area contributed by atoms with Crippen LogP contribution in [0.3, 0.4) is 0 Å². The maximum Gasteiger partial charge on any atom is 0.587 e. The highest BCUT2D eigenvalue weighted by atomic mass is 16.7. The van der Waals surface area contributed by atoms with Gasteiger partial charge in [-0.05, 0) is 35.9 Å². The van der Waals surface area contributed by atoms with E-state index in [2.05, 4.69) is 27.7 Å². The smallest absolute Gasteiger partial charge is 0.587 e. The summed E-state index contributed by atoms with van der Waals surface area (Å²) in [5, 5.41) is 0. The third-order valence-electron chi connectivity index (χ3n) is 8.85. The molecule has 0 spiro atoms. The lowest BCUT2D eigenvalue weighted by molar-refractivity contribution is -0.852. The SMILES string of the molecule is C[C@@H]1C2CC(C[C@@H]1[N+]13CC(=O)O[B-]1([C@H]1C[C@@H]1C)OC(=O)C3)C2(C)C. The molecule has 24 heavy (non-hydrogen) atoms. The monoisotopic (exact) mass is 333 g/mol. The lowest BCUT2D eigenvalue weighted by Crippen LogP contribution is -2.73. The molecular formula is C18H28BNO4. The van der Waals surface area contributed by atoms with E-state index in [1.807, 2.05) is 0 Å². The molecule has 6 fully saturated rings. The number of hydrogen-bond donors (Lipinski definition) is 0. The van der Waals surface area contributed by atoms with Crippen LogP contribution < -0.4 is 0 Å². The molecular weight excluding hydrogens is 305 g/mol. The number of rotatable bonds is 2. The van der Waals surface area contributed by atoms with Crippen molar-refractivity contribution in [1.82, 2.24) is 0 Å². The van der Waals surface area contributed by atoms with Crippen molar-refractivity contribution in [3.05, 3.63) is 0 Å². The second kappa shape index (κ2) is 4.20. The molecule has 0 amide bonds. The molecule has 5 nitrogen and oxygen atoms in total.